The highest BCUT2D eigenvalue weighted by Gasteiger charge is 2.16. The van der Waals surface area contributed by atoms with Crippen LogP contribution in [0.25, 0.3) is 6.08 Å². The van der Waals surface area contributed by atoms with Crippen molar-refractivity contribution in [2.24, 2.45) is 5.73 Å². The normalized spacial score (nSPS) is 16.1. The summed E-state index contributed by atoms with van der Waals surface area (Å²) in [7, 11) is 0. The van der Waals surface area contributed by atoms with Gasteiger partial charge in [-0.25, -0.2) is 0 Å². The van der Waals surface area contributed by atoms with Crippen LogP contribution in [0.2, 0.25) is 0 Å². The van der Waals surface area contributed by atoms with E-state index in [1.54, 1.807) is 6.08 Å². The Bertz CT molecular complexity index is 503. The van der Waals surface area contributed by atoms with Gasteiger partial charge in [-0.1, -0.05) is 19.9 Å². The summed E-state index contributed by atoms with van der Waals surface area (Å²) in [5.74, 6) is 0.00289. The van der Waals surface area contributed by atoms with Crippen LogP contribution in [0.5, 0.6) is 0 Å². The summed E-state index contributed by atoms with van der Waals surface area (Å²) in [6.07, 6.45) is 3.16. The van der Waals surface area contributed by atoms with Crippen molar-refractivity contribution in [2.45, 2.75) is 19.8 Å². The zero-order chi connectivity index (χ0) is 14.5. The maximum absolute atomic E-state index is 10.8. The molecule has 1 aliphatic rings. The summed E-state index contributed by atoms with van der Waals surface area (Å²) < 4.78 is 5.41. The van der Waals surface area contributed by atoms with Gasteiger partial charge in [-0.05, 0) is 35.3 Å². The molecule has 0 aromatic heterocycles. The lowest BCUT2D eigenvalue weighted by Gasteiger charge is -2.31. The maximum Gasteiger partial charge on any atom is 0.241 e. The number of carbonyl (C=O) groups is 1. The van der Waals surface area contributed by atoms with Gasteiger partial charge in [-0.15, -0.1) is 0 Å². The number of hydrogen-bond donors (Lipinski definition) is 1. The molecule has 0 aliphatic carbocycles. The zero-order valence-electron chi connectivity index (χ0n) is 12.1. The number of nitrogens with two attached hydrogens (primary N) is 1. The Morgan fingerprint density at radius 2 is 2.05 bits per heavy atom. The number of anilines is 1. The van der Waals surface area contributed by atoms with Gasteiger partial charge in [0.15, 0.2) is 0 Å². The lowest BCUT2D eigenvalue weighted by molar-refractivity contribution is -0.113. The average Bonchev–Trinajstić information content (AvgIpc) is 2.45. The molecule has 0 saturated carbocycles. The molecule has 1 aromatic carbocycles. The fourth-order valence-corrected chi connectivity index (χ4v) is 2.41. The first-order chi connectivity index (χ1) is 9.58. The molecule has 1 aromatic rings. The van der Waals surface area contributed by atoms with Crippen LogP contribution in [0.3, 0.4) is 0 Å². The summed E-state index contributed by atoms with van der Waals surface area (Å²) in [6.45, 7) is 7.77. The number of benzene rings is 1. The zero-order valence-corrected chi connectivity index (χ0v) is 12.1. The Morgan fingerprint density at radius 1 is 1.35 bits per heavy atom. The highest BCUT2D eigenvalue weighted by molar-refractivity contribution is 5.90. The molecule has 1 amide bonds. The van der Waals surface area contributed by atoms with Crippen LogP contribution in [0.15, 0.2) is 24.3 Å². The molecule has 0 radical (unpaired) electrons. The van der Waals surface area contributed by atoms with Crippen molar-refractivity contribution in [3.8, 4) is 0 Å². The second-order valence-corrected chi connectivity index (χ2v) is 5.31. The molecule has 0 atom stereocenters. The summed E-state index contributed by atoms with van der Waals surface area (Å²) >= 11 is 0. The number of ether oxygens (including phenoxy) is 1. The minimum atomic E-state index is -0.423. The molecule has 0 bridgehead atoms. The highest BCUT2D eigenvalue weighted by atomic mass is 16.5. The van der Waals surface area contributed by atoms with Gasteiger partial charge in [-0.3, -0.25) is 4.79 Å². The van der Waals surface area contributed by atoms with Gasteiger partial charge in [0.05, 0.1) is 13.2 Å². The van der Waals surface area contributed by atoms with Gasteiger partial charge in [0, 0.05) is 24.9 Å². The van der Waals surface area contributed by atoms with Crippen LogP contribution in [0, 0.1) is 0 Å². The van der Waals surface area contributed by atoms with Crippen molar-refractivity contribution in [1.82, 2.24) is 0 Å². The van der Waals surface area contributed by atoms with E-state index < -0.39 is 5.91 Å². The topological polar surface area (TPSA) is 55.6 Å². The van der Waals surface area contributed by atoms with Crippen LogP contribution < -0.4 is 10.6 Å². The Labute approximate surface area is 120 Å². The molecular weight excluding hydrogens is 252 g/mol. The van der Waals surface area contributed by atoms with Crippen molar-refractivity contribution in [1.29, 1.82) is 0 Å². The molecule has 0 spiro atoms. The van der Waals surface area contributed by atoms with Gasteiger partial charge in [0.2, 0.25) is 5.91 Å². The Balaban J connectivity index is 2.30. The molecule has 1 fully saturated rings. The minimum absolute atomic E-state index is 0.423. The molecule has 1 aliphatic heterocycles. The van der Waals surface area contributed by atoms with Crippen molar-refractivity contribution in [3.05, 3.63) is 35.4 Å². The van der Waals surface area contributed by atoms with E-state index in [0.29, 0.717) is 5.92 Å². The quantitative estimate of drug-likeness (QED) is 0.856. The molecule has 108 valence electrons. The Kier molecular flexibility index (Phi) is 4.79. The number of morpholine rings is 1. The first-order valence-electron chi connectivity index (χ1n) is 7.02. The molecular formula is C16H22N2O2. The van der Waals surface area contributed by atoms with Gasteiger partial charge >= 0.3 is 0 Å². The molecule has 20 heavy (non-hydrogen) atoms. The van der Waals surface area contributed by atoms with Gasteiger partial charge in [-0.2, -0.15) is 0 Å². The molecule has 4 nitrogen and oxygen atoms in total. The summed E-state index contributed by atoms with van der Waals surface area (Å²) in [5, 5.41) is 0. The largest absolute Gasteiger partial charge is 0.378 e. The monoisotopic (exact) mass is 274 g/mol. The van der Waals surface area contributed by atoms with Crippen LogP contribution in [0.4, 0.5) is 5.69 Å². The van der Waals surface area contributed by atoms with Crippen molar-refractivity contribution < 1.29 is 9.53 Å². The number of hydrogen-bond acceptors (Lipinski definition) is 3. The second-order valence-electron chi connectivity index (χ2n) is 5.31. The fourth-order valence-electron chi connectivity index (χ4n) is 2.41. The average molecular weight is 274 g/mol. The number of rotatable bonds is 4. The van der Waals surface area contributed by atoms with Gasteiger partial charge in [0.25, 0.3) is 0 Å². The molecule has 2 rings (SSSR count). The maximum atomic E-state index is 10.8. The minimum Gasteiger partial charge on any atom is -0.378 e. The van der Waals surface area contributed by atoms with Crippen molar-refractivity contribution >= 4 is 17.7 Å². The highest BCUT2D eigenvalue weighted by Crippen LogP contribution is 2.29. The van der Waals surface area contributed by atoms with E-state index in [4.69, 9.17) is 10.5 Å². The lowest BCUT2D eigenvalue weighted by atomic mass is 9.97. The van der Waals surface area contributed by atoms with Crippen LogP contribution in [0.1, 0.15) is 30.9 Å². The standard InChI is InChI=1S/C16H22N2O2/c1-12(2)14-11-13(4-6-16(17)19)3-5-15(14)18-7-9-20-10-8-18/h3-6,11-12H,7-10H2,1-2H3,(H2,17,19)/b6-4-. The van der Waals surface area contributed by atoms with E-state index in [-0.39, 0.29) is 0 Å². The first-order valence-corrected chi connectivity index (χ1v) is 7.02. The SMILES string of the molecule is CC(C)c1cc(/C=C\C(N)=O)ccc1N1CCOCC1. The van der Waals surface area contributed by atoms with E-state index >= 15 is 0 Å². The van der Waals surface area contributed by atoms with E-state index in [2.05, 4.69) is 30.9 Å². The van der Waals surface area contributed by atoms with Crippen LogP contribution in [-0.2, 0) is 9.53 Å². The Morgan fingerprint density at radius 3 is 2.65 bits per heavy atom. The van der Waals surface area contributed by atoms with E-state index in [1.807, 2.05) is 6.07 Å². The summed E-state index contributed by atoms with van der Waals surface area (Å²) in [4.78, 5) is 13.2. The van der Waals surface area contributed by atoms with Gasteiger partial charge < -0.3 is 15.4 Å². The van der Waals surface area contributed by atoms with Gasteiger partial charge in [0.1, 0.15) is 0 Å². The van der Waals surface area contributed by atoms with E-state index in [0.717, 1.165) is 31.9 Å². The summed E-state index contributed by atoms with van der Waals surface area (Å²) in [6, 6.07) is 6.28. The molecule has 2 N–H and O–H groups in total. The summed E-state index contributed by atoms with van der Waals surface area (Å²) in [5.41, 5.74) is 8.70. The smallest absolute Gasteiger partial charge is 0.241 e. The number of carbonyl (C=O) groups excluding carboxylic acids is 1. The van der Waals surface area contributed by atoms with Crippen LogP contribution >= 0.6 is 0 Å². The Hall–Kier alpha value is -1.81. The molecule has 4 heteroatoms. The molecule has 0 unspecified atom stereocenters. The van der Waals surface area contributed by atoms with Crippen LogP contribution in [-0.4, -0.2) is 32.2 Å². The van der Waals surface area contributed by atoms with E-state index in [1.165, 1.54) is 17.3 Å². The number of primary amides is 1. The molecule has 1 saturated heterocycles. The third-order valence-electron chi connectivity index (χ3n) is 3.47. The van der Waals surface area contributed by atoms with Crippen molar-refractivity contribution in [2.75, 3.05) is 31.2 Å². The number of amides is 1. The third kappa shape index (κ3) is 3.61. The van der Waals surface area contributed by atoms with Crippen molar-refractivity contribution in [3.63, 3.8) is 0 Å². The lowest BCUT2D eigenvalue weighted by Crippen LogP contribution is -2.36. The van der Waals surface area contributed by atoms with E-state index in [9.17, 15) is 4.79 Å². The predicted molar refractivity (Wildman–Crippen MR) is 81.8 cm³/mol. The number of nitrogens with zero attached hydrogens (tertiary/aromatic N) is 1. The molecule has 1 heterocycles. The fraction of sp³-hybridized carbons (Fsp3) is 0.438. The second kappa shape index (κ2) is 6.57. The first kappa shape index (κ1) is 14.6. The third-order valence-corrected chi connectivity index (χ3v) is 3.47. The predicted octanol–water partition coefficient (Wildman–Crippen LogP) is 2.15.